The van der Waals surface area contributed by atoms with Crippen LogP contribution < -0.4 is 4.90 Å². The summed E-state index contributed by atoms with van der Waals surface area (Å²) in [5.74, 6) is 0. The van der Waals surface area contributed by atoms with E-state index in [4.69, 9.17) is 9.84 Å². The van der Waals surface area contributed by atoms with Crippen LogP contribution in [0.15, 0.2) is 6.20 Å². The molecule has 0 bridgehead atoms. The van der Waals surface area contributed by atoms with Gasteiger partial charge in [-0.05, 0) is 13.3 Å². The zero-order chi connectivity index (χ0) is 12.0. The maximum atomic E-state index is 9.03. The SMILES string of the molecule is CCC(C)N(CCOC)c1ncc(CO)s1. The van der Waals surface area contributed by atoms with E-state index in [9.17, 15) is 0 Å². The highest BCUT2D eigenvalue weighted by Gasteiger charge is 2.15. The number of ether oxygens (including phenoxy) is 1. The number of hydrogen-bond donors (Lipinski definition) is 1. The smallest absolute Gasteiger partial charge is 0.185 e. The van der Waals surface area contributed by atoms with Crippen molar-refractivity contribution in [2.75, 3.05) is 25.2 Å². The molecule has 16 heavy (non-hydrogen) atoms. The molecule has 0 amide bonds. The van der Waals surface area contributed by atoms with E-state index in [1.54, 1.807) is 24.6 Å². The predicted octanol–water partition coefficient (Wildman–Crippen LogP) is 1.89. The maximum Gasteiger partial charge on any atom is 0.185 e. The molecule has 5 heteroatoms. The Morgan fingerprint density at radius 3 is 2.88 bits per heavy atom. The van der Waals surface area contributed by atoms with Gasteiger partial charge < -0.3 is 14.7 Å². The fraction of sp³-hybridized carbons (Fsp3) is 0.727. The molecule has 0 aliphatic heterocycles. The summed E-state index contributed by atoms with van der Waals surface area (Å²) in [6.07, 6.45) is 2.81. The van der Waals surface area contributed by atoms with Crippen LogP contribution in [0.25, 0.3) is 0 Å². The first-order chi connectivity index (χ1) is 7.72. The summed E-state index contributed by atoms with van der Waals surface area (Å²) < 4.78 is 5.11. The molecule has 0 fully saturated rings. The van der Waals surface area contributed by atoms with Crippen molar-refractivity contribution in [3.63, 3.8) is 0 Å². The molecule has 92 valence electrons. The second-order valence-electron chi connectivity index (χ2n) is 3.71. The first kappa shape index (κ1) is 13.4. The van der Waals surface area contributed by atoms with Crippen molar-refractivity contribution in [1.29, 1.82) is 0 Å². The summed E-state index contributed by atoms with van der Waals surface area (Å²) in [5, 5.41) is 10.00. The third-order valence-corrected chi connectivity index (χ3v) is 3.62. The van der Waals surface area contributed by atoms with Crippen molar-refractivity contribution in [3.05, 3.63) is 11.1 Å². The van der Waals surface area contributed by atoms with Crippen molar-refractivity contribution >= 4 is 16.5 Å². The van der Waals surface area contributed by atoms with Gasteiger partial charge in [-0.2, -0.15) is 0 Å². The molecule has 0 saturated heterocycles. The van der Waals surface area contributed by atoms with E-state index in [-0.39, 0.29) is 6.61 Å². The van der Waals surface area contributed by atoms with Crippen LogP contribution in [0.1, 0.15) is 25.1 Å². The molecule has 4 nitrogen and oxygen atoms in total. The van der Waals surface area contributed by atoms with Gasteiger partial charge in [0.1, 0.15) is 0 Å². The average Bonchev–Trinajstić information content (AvgIpc) is 2.77. The Kier molecular flexibility index (Phi) is 5.73. The molecular formula is C11H20N2O2S. The van der Waals surface area contributed by atoms with E-state index in [1.165, 1.54) is 0 Å². The lowest BCUT2D eigenvalue weighted by Gasteiger charge is -2.27. The molecule has 0 radical (unpaired) electrons. The van der Waals surface area contributed by atoms with Crippen LogP contribution in [0.4, 0.5) is 5.13 Å². The van der Waals surface area contributed by atoms with Crippen LogP contribution in [0.2, 0.25) is 0 Å². The quantitative estimate of drug-likeness (QED) is 0.795. The van der Waals surface area contributed by atoms with Gasteiger partial charge in [-0.15, -0.1) is 0 Å². The molecule has 0 aromatic carbocycles. The van der Waals surface area contributed by atoms with Gasteiger partial charge >= 0.3 is 0 Å². The van der Waals surface area contributed by atoms with Crippen LogP contribution in [0.3, 0.4) is 0 Å². The van der Waals surface area contributed by atoms with E-state index in [0.717, 1.165) is 23.0 Å². The monoisotopic (exact) mass is 244 g/mol. The number of hydrogen-bond acceptors (Lipinski definition) is 5. The third-order valence-electron chi connectivity index (χ3n) is 2.60. The molecule has 0 saturated carbocycles. The lowest BCUT2D eigenvalue weighted by molar-refractivity contribution is 0.203. The second kappa shape index (κ2) is 6.83. The third kappa shape index (κ3) is 3.43. The zero-order valence-electron chi connectivity index (χ0n) is 10.1. The van der Waals surface area contributed by atoms with E-state index in [0.29, 0.717) is 12.6 Å². The van der Waals surface area contributed by atoms with Gasteiger partial charge in [0.2, 0.25) is 0 Å². The average molecular weight is 244 g/mol. The lowest BCUT2D eigenvalue weighted by atomic mass is 10.2. The molecule has 1 heterocycles. The molecule has 1 N–H and O–H groups in total. The Balaban J connectivity index is 2.74. The number of nitrogens with zero attached hydrogens (tertiary/aromatic N) is 2. The van der Waals surface area contributed by atoms with Crippen molar-refractivity contribution in [2.24, 2.45) is 0 Å². The number of rotatable bonds is 7. The number of aliphatic hydroxyl groups is 1. The van der Waals surface area contributed by atoms with E-state index in [2.05, 4.69) is 23.7 Å². The molecule has 1 rings (SSSR count). The van der Waals surface area contributed by atoms with Gasteiger partial charge in [-0.1, -0.05) is 18.3 Å². The number of anilines is 1. The second-order valence-corrected chi connectivity index (χ2v) is 4.80. The molecule has 1 atom stereocenters. The molecule has 1 aromatic heterocycles. The highest BCUT2D eigenvalue weighted by Crippen LogP contribution is 2.24. The topological polar surface area (TPSA) is 45.6 Å². The van der Waals surface area contributed by atoms with Crippen molar-refractivity contribution in [1.82, 2.24) is 4.98 Å². The lowest BCUT2D eigenvalue weighted by Crippen LogP contribution is -2.35. The summed E-state index contributed by atoms with van der Waals surface area (Å²) in [4.78, 5) is 7.47. The van der Waals surface area contributed by atoms with Crippen LogP contribution in [0, 0.1) is 0 Å². The molecular weight excluding hydrogens is 224 g/mol. The van der Waals surface area contributed by atoms with E-state index < -0.39 is 0 Å². The highest BCUT2D eigenvalue weighted by atomic mass is 32.1. The van der Waals surface area contributed by atoms with Crippen molar-refractivity contribution in [3.8, 4) is 0 Å². The fourth-order valence-corrected chi connectivity index (χ4v) is 2.32. The number of aromatic nitrogens is 1. The van der Waals surface area contributed by atoms with Gasteiger partial charge in [-0.3, -0.25) is 0 Å². The zero-order valence-corrected chi connectivity index (χ0v) is 11.0. The summed E-state index contributed by atoms with van der Waals surface area (Å²) in [6, 6.07) is 0.438. The van der Waals surface area contributed by atoms with Gasteiger partial charge in [0.15, 0.2) is 5.13 Å². The van der Waals surface area contributed by atoms with Gasteiger partial charge in [0.25, 0.3) is 0 Å². The van der Waals surface area contributed by atoms with Crippen LogP contribution in [-0.4, -0.2) is 36.4 Å². The van der Waals surface area contributed by atoms with Crippen LogP contribution in [-0.2, 0) is 11.3 Å². The maximum absolute atomic E-state index is 9.03. The fourth-order valence-electron chi connectivity index (χ4n) is 1.42. The molecule has 0 aliphatic rings. The van der Waals surface area contributed by atoms with Crippen LogP contribution >= 0.6 is 11.3 Å². The predicted molar refractivity (Wildman–Crippen MR) is 67.0 cm³/mol. The largest absolute Gasteiger partial charge is 0.391 e. The summed E-state index contributed by atoms with van der Waals surface area (Å²) in [7, 11) is 1.70. The Morgan fingerprint density at radius 2 is 2.38 bits per heavy atom. The molecule has 0 spiro atoms. The summed E-state index contributed by atoms with van der Waals surface area (Å²) >= 11 is 1.54. The van der Waals surface area contributed by atoms with Crippen molar-refractivity contribution in [2.45, 2.75) is 32.9 Å². The molecule has 1 unspecified atom stereocenters. The molecule has 1 aromatic rings. The normalized spacial score (nSPS) is 12.8. The first-order valence-corrected chi connectivity index (χ1v) is 6.35. The standard InChI is InChI=1S/C11H20N2O2S/c1-4-9(2)13(5-6-15-3)11-12-7-10(8-14)16-11/h7,9,14H,4-6,8H2,1-3H3. The summed E-state index contributed by atoms with van der Waals surface area (Å²) in [5.41, 5.74) is 0. The Morgan fingerprint density at radius 1 is 1.62 bits per heavy atom. The molecule has 0 aliphatic carbocycles. The van der Waals surface area contributed by atoms with Gasteiger partial charge in [-0.25, -0.2) is 4.98 Å². The minimum Gasteiger partial charge on any atom is -0.391 e. The summed E-state index contributed by atoms with van der Waals surface area (Å²) in [6.45, 7) is 5.93. The minimum atomic E-state index is 0.0658. The van der Waals surface area contributed by atoms with Gasteiger partial charge in [0.05, 0.1) is 18.1 Å². The van der Waals surface area contributed by atoms with Gasteiger partial charge in [0, 0.05) is 25.9 Å². The number of methoxy groups -OCH3 is 1. The Bertz CT molecular complexity index is 304. The number of thiazole rings is 1. The Hall–Kier alpha value is -0.650. The highest BCUT2D eigenvalue weighted by molar-refractivity contribution is 7.15. The minimum absolute atomic E-state index is 0.0658. The van der Waals surface area contributed by atoms with Crippen molar-refractivity contribution < 1.29 is 9.84 Å². The van der Waals surface area contributed by atoms with Crippen LogP contribution in [0.5, 0.6) is 0 Å². The Labute approximate surface area is 101 Å². The first-order valence-electron chi connectivity index (χ1n) is 5.54. The number of aliphatic hydroxyl groups excluding tert-OH is 1. The van der Waals surface area contributed by atoms with E-state index >= 15 is 0 Å². The van der Waals surface area contributed by atoms with E-state index in [1.807, 2.05) is 0 Å².